The van der Waals surface area contributed by atoms with Crippen molar-refractivity contribution in [2.75, 3.05) is 7.11 Å². The molecule has 0 aliphatic heterocycles. The molecule has 4 heteroatoms. The molecule has 1 aromatic carbocycles. The topological polar surface area (TPSA) is 26.3 Å². The molecule has 0 saturated carbocycles. The maximum Gasteiger partial charge on any atom is 0.337 e. The Balaban J connectivity index is 3.20. The number of methoxy groups -OCH3 is 1. The van der Waals surface area contributed by atoms with E-state index in [1.807, 2.05) is 0 Å². The van der Waals surface area contributed by atoms with E-state index >= 15 is 0 Å². The Bertz CT molecular complexity index is 324. The Morgan fingerprint density at radius 3 is 2.46 bits per heavy atom. The van der Waals surface area contributed by atoms with Gasteiger partial charge in [-0.05, 0) is 24.6 Å². The Kier molecular flexibility index (Phi) is 2.60. The summed E-state index contributed by atoms with van der Waals surface area (Å²) in [5.74, 6) is -2.66. The summed E-state index contributed by atoms with van der Waals surface area (Å²) in [6, 6.07) is 2.05. The van der Waals surface area contributed by atoms with Crippen LogP contribution < -0.4 is 0 Å². The predicted octanol–water partition coefficient (Wildman–Crippen LogP) is 2.06. The van der Waals surface area contributed by atoms with Crippen LogP contribution >= 0.6 is 0 Å². The van der Waals surface area contributed by atoms with E-state index in [0.717, 1.165) is 6.07 Å². The maximum atomic E-state index is 12.8. The molecule has 0 amide bonds. The lowest BCUT2D eigenvalue weighted by atomic mass is 10.1. The molecule has 1 rings (SSSR count). The summed E-state index contributed by atoms with van der Waals surface area (Å²) >= 11 is 0. The average Bonchev–Trinajstić information content (AvgIpc) is 2.12. The van der Waals surface area contributed by atoms with Gasteiger partial charge in [0.1, 0.15) is 0 Å². The maximum absolute atomic E-state index is 12.8. The van der Waals surface area contributed by atoms with Crippen LogP contribution in [-0.2, 0) is 4.74 Å². The molecule has 1 aromatic rings. The third-order valence-electron chi connectivity index (χ3n) is 1.63. The standard InChI is InChI=1S/C9H8F2O2/c1-5-3-6(9(12)13-2)4-7(10)8(5)11/h3-4H,1-2H3. The lowest BCUT2D eigenvalue weighted by Crippen LogP contribution is -2.03. The van der Waals surface area contributed by atoms with Crippen molar-refractivity contribution in [1.82, 2.24) is 0 Å². The number of rotatable bonds is 1. The normalized spacial score (nSPS) is 9.85. The van der Waals surface area contributed by atoms with Crippen LogP contribution in [0.25, 0.3) is 0 Å². The largest absolute Gasteiger partial charge is 0.465 e. The summed E-state index contributed by atoms with van der Waals surface area (Å²) in [4.78, 5) is 10.9. The summed E-state index contributed by atoms with van der Waals surface area (Å²) in [7, 11) is 1.18. The van der Waals surface area contributed by atoms with Crippen LogP contribution in [0.2, 0.25) is 0 Å². The highest BCUT2D eigenvalue weighted by atomic mass is 19.2. The molecule has 13 heavy (non-hydrogen) atoms. The van der Waals surface area contributed by atoms with Crippen LogP contribution in [0.15, 0.2) is 12.1 Å². The van der Waals surface area contributed by atoms with E-state index in [1.54, 1.807) is 0 Å². The molecule has 70 valence electrons. The fourth-order valence-corrected chi connectivity index (χ4v) is 0.962. The molecule has 0 aliphatic rings. The molecule has 0 radical (unpaired) electrons. The quantitative estimate of drug-likeness (QED) is 0.627. The van der Waals surface area contributed by atoms with E-state index in [1.165, 1.54) is 20.1 Å². The summed E-state index contributed by atoms with van der Waals surface area (Å²) in [6.07, 6.45) is 0. The van der Waals surface area contributed by atoms with Crippen molar-refractivity contribution >= 4 is 5.97 Å². The number of hydrogen-bond acceptors (Lipinski definition) is 2. The minimum absolute atomic E-state index is 0.0129. The first-order valence-corrected chi connectivity index (χ1v) is 3.60. The first-order valence-electron chi connectivity index (χ1n) is 3.60. The number of carbonyl (C=O) groups excluding carboxylic acids is 1. The Morgan fingerprint density at radius 2 is 2.00 bits per heavy atom. The molecule has 0 unspecified atom stereocenters. The third kappa shape index (κ3) is 1.83. The van der Waals surface area contributed by atoms with Crippen LogP contribution in [0.3, 0.4) is 0 Å². The van der Waals surface area contributed by atoms with Crippen molar-refractivity contribution in [2.45, 2.75) is 6.92 Å². The van der Waals surface area contributed by atoms with Crippen LogP contribution in [0.5, 0.6) is 0 Å². The molecule has 0 fully saturated rings. The van der Waals surface area contributed by atoms with Gasteiger partial charge in [-0.3, -0.25) is 0 Å². The van der Waals surface area contributed by atoms with Gasteiger partial charge in [0, 0.05) is 0 Å². The summed E-state index contributed by atoms with van der Waals surface area (Å²) in [6.45, 7) is 1.38. The molecule has 2 nitrogen and oxygen atoms in total. The van der Waals surface area contributed by atoms with Gasteiger partial charge in [-0.25, -0.2) is 13.6 Å². The number of carbonyl (C=O) groups is 1. The minimum Gasteiger partial charge on any atom is -0.465 e. The van der Waals surface area contributed by atoms with Gasteiger partial charge in [0.25, 0.3) is 0 Å². The molecule has 0 bridgehead atoms. The second-order valence-corrected chi connectivity index (χ2v) is 2.58. The zero-order valence-electron chi connectivity index (χ0n) is 7.23. The number of aryl methyl sites for hydroxylation is 1. The van der Waals surface area contributed by atoms with Crippen molar-refractivity contribution in [1.29, 1.82) is 0 Å². The molecule has 0 heterocycles. The molecular weight excluding hydrogens is 178 g/mol. The van der Waals surface area contributed by atoms with E-state index in [-0.39, 0.29) is 11.1 Å². The monoisotopic (exact) mass is 186 g/mol. The van der Waals surface area contributed by atoms with Crippen LogP contribution in [0.4, 0.5) is 8.78 Å². The second-order valence-electron chi connectivity index (χ2n) is 2.58. The average molecular weight is 186 g/mol. The first-order chi connectivity index (χ1) is 6.06. The highest BCUT2D eigenvalue weighted by Gasteiger charge is 2.12. The molecule has 0 N–H and O–H groups in total. The van der Waals surface area contributed by atoms with Gasteiger partial charge < -0.3 is 4.74 Å². The predicted molar refractivity (Wildman–Crippen MR) is 42.4 cm³/mol. The van der Waals surface area contributed by atoms with Crippen molar-refractivity contribution in [3.05, 3.63) is 34.9 Å². The fourth-order valence-electron chi connectivity index (χ4n) is 0.962. The number of benzene rings is 1. The van der Waals surface area contributed by atoms with Crippen molar-refractivity contribution in [3.63, 3.8) is 0 Å². The van der Waals surface area contributed by atoms with Gasteiger partial charge in [0.05, 0.1) is 12.7 Å². The SMILES string of the molecule is COC(=O)c1cc(C)c(F)c(F)c1. The van der Waals surface area contributed by atoms with Crippen molar-refractivity contribution in [2.24, 2.45) is 0 Å². The molecular formula is C9H8F2O2. The van der Waals surface area contributed by atoms with E-state index in [9.17, 15) is 13.6 Å². The van der Waals surface area contributed by atoms with Gasteiger partial charge in [0.15, 0.2) is 11.6 Å². The number of hydrogen-bond donors (Lipinski definition) is 0. The summed E-state index contributed by atoms with van der Waals surface area (Å²) < 4.78 is 29.9. The van der Waals surface area contributed by atoms with Gasteiger partial charge in [-0.1, -0.05) is 0 Å². The van der Waals surface area contributed by atoms with Gasteiger partial charge >= 0.3 is 5.97 Å². The Hall–Kier alpha value is -1.45. The van der Waals surface area contributed by atoms with E-state index in [2.05, 4.69) is 4.74 Å². The number of esters is 1. The highest BCUT2D eigenvalue weighted by molar-refractivity contribution is 5.89. The summed E-state index contributed by atoms with van der Waals surface area (Å²) in [5, 5.41) is 0. The van der Waals surface area contributed by atoms with Gasteiger partial charge in [-0.2, -0.15) is 0 Å². The smallest absolute Gasteiger partial charge is 0.337 e. The third-order valence-corrected chi connectivity index (χ3v) is 1.63. The number of ether oxygens (including phenoxy) is 1. The van der Waals surface area contributed by atoms with Crippen LogP contribution in [0, 0.1) is 18.6 Å². The van der Waals surface area contributed by atoms with Gasteiger partial charge in [0.2, 0.25) is 0 Å². The Morgan fingerprint density at radius 1 is 1.38 bits per heavy atom. The zero-order valence-corrected chi connectivity index (χ0v) is 7.23. The van der Waals surface area contributed by atoms with Crippen LogP contribution in [-0.4, -0.2) is 13.1 Å². The zero-order chi connectivity index (χ0) is 10.0. The highest BCUT2D eigenvalue weighted by Crippen LogP contribution is 2.14. The molecule has 0 aliphatic carbocycles. The minimum atomic E-state index is -1.04. The molecule has 0 atom stereocenters. The summed E-state index contributed by atoms with van der Waals surface area (Å²) in [5.41, 5.74) is 0.0966. The number of halogens is 2. The lowest BCUT2D eigenvalue weighted by Gasteiger charge is -2.02. The second kappa shape index (κ2) is 3.51. The van der Waals surface area contributed by atoms with Crippen molar-refractivity contribution in [3.8, 4) is 0 Å². The molecule has 0 saturated heterocycles. The van der Waals surface area contributed by atoms with E-state index in [0.29, 0.717) is 0 Å². The van der Waals surface area contributed by atoms with E-state index < -0.39 is 17.6 Å². The Labute approximate surface area is 74.1 Å². The first kappa shape index (κ1) is 9.64. The van der Waals surface area contributed by atoms with Gasteiger partial charge in [-0.15, -0.1) is 0 Å². The lowest BCUT2D eigenvalue weighted by molar-refractivity contribution is 0.0600. The molecule has 0 aromatic heterocycles. The molecule has 0 spiro atoms. The van der Waals surface area contributed by atoms with E-state index in [4.69, 9.17) is 0 Å². The van der Waals surface area contributed by atoms with Crippen molar-refractivity contribution < 1.29 is 18.3 Å². The fraction of sp³-hybridized carbons (Fsp3) is 0.222. The van der Waals surface area contributed by atoms with Crippen LogP contribution in [0.1, 0.15) is 15.9 Å².